The van der Waals surface area contributed by atoms with Crippen LogP contribution in [0.5, 0.6) is 11.5 Å². The standard InChI is InChI=1S/C13H17NO5/c1-4-14(8-15)12(13(16)17)10-6-5-9(18-2)7-11(10)19-3/h5-8,12H,4H2,1-3H3,(H,16,17). The van der Waals surface area contributed by atoms with Crippen molar-refractivity contribution in [2.75, 3.05) is 20.8 Å². The first kappa shape index (κ1) is 14.8. The second kappa shape index (κ2) is 6.63. The van der Waals surface area contributed by atoms with Crippen LogP contribution in [0.15, 0.2) is 18.2 Å². The Bertz CT molecular complexity index is 460. The zero-order valence-electron chi connectivity index (χ0n) is 11.1. The number of nitrogens with zero attached hydrogens (tertiary/aromatic N) is 1. The molecule has 0 fully saturated rings. The summed E-state index contributed by atoms with van der Waals surface area (Å²) < 4.78 is 10.2. The second-order valence-electron chi connectivity index (χ2n) is 3.78. The Morgan fingerprint density at radius 2 is 2.11 bits per heavy atom. The van der Waals surface area contributed by atoms with Crippen LogP contribution in [0.2, 0.25) is 0 Å². The lowest BCUT2D eigenvalue weighted by Gasteiger charge is -2.25. The summed E-state index contributed by atoms with van der Waals surface area (Å²) in [5.74, 6) is -0.191. The number of hydrogen-bond donors (Lipinski definition) is 1. The molecule has 0 bridgehead atoms. The van der Waals surface area contributed by atoms with Crippen molar-refractivity contribution < 1.29 is 24.2 Å². The molecule has 1 aromatic carbocycles. The van der Waals surface area contributed by atoms with Gasteiger partial charge in [-0.05, 0) is 19.1 Å². The van der Waals surface area contributed by atoms with Crippen LogP contribution >= 0.6 is 0 Å². The average molecular weight is 267 g/mol. The molecule has 0 radical (unpaired) electrons. The first-order valence-electron chi connectivity index (χ1n) is 5.74. The summed E-state index contributed by atoms with van der Waals surface area (Å²) in [5, 5.41) is 9.32. The molecule has 1 aromatic rings. The average Bonchev–Trinajstić information content (AvgIpc) is 2.43. The molecule has 1 N–H and O–H groups in total. The van der Waals surface area contributed by atoms with Gasteiger partial charge in [0.05, 0.1) is 14.2 Å². The van der Waals surface area contributed by atoms with Gasteiger partial charge in [-0.2, -0.15) is 0 Å². The Balaban J connectivity index is 3.29. The number of methoxy groups -OCH3 is 2. The van der Waals surface area contributed by atoms with Gasteiger partial charge in [0.25, 0.3) is 0 Å². The molecule has 104 valence electrons. The fourth-order valence-electron chi connectivity index (χ4n) is 1.82. The Kier molecular flexibility index (Phi) is 5.17. The minimum absolute atomic E-state index is 0.287. The molecule has 0 saturated heterocycles. The Hall–Kier alpha value is -2.24. The van der Waals surface area contributed by atoms with Gasteiger partial charge >= 0.3 is 5.97 Å². The molecule has 0 spiro atoms. The number of carboxylic acid groups (broad SMARTS) is 1. The van der Waals surface area contributed by atoms with E-state index in [1.54, 1.807) is 25.1 Å². The maximum Gasteiger partial charge on any atom is 0.331 e. The first-order chi connectivity index (χ1) is 9.08. The molecule has 19 heavy (non-hydrogen) atoms. The molecule has 1 amide bonds. The van der Waals surface area contributed by atoms with Crippen LogP contribution in [0.1, 0.15) is 18.5 Å². The van der Waals surface area contributed by atoms with Crippen molar-refractivity contribution in [2.24, 2.45) is 0 Å². The van der Waals surface area contributed by atoms with Crippen LogP contribution in [0.3, 0.4) is 0 Å². The summed E-state index contributed by atoms with van der Waals surface area (Å²) in [4.78, 5) is 23.6. The topological polar surface area (TPSA) is 76.1 Å². The van der Waals surface area contributed by atoms with Crippen molar-refractivity contribution in [2.45, 2.75) is 13.0 Å². The summed E-state index contributed by atoms with van der Waals surface area (Å²) in [7, 11) is 2.95. The normalized spacial score (nSPS) is 11.5. The minimum Gasteiger partial charge on any atom is -0.497 e. The van der Waals surface area contributed by atoms with Gasteiger partial charge in [0.2, 0.25) is 6.41 Å². The van der Waals surface area contributed by atoms with E-state index in [-0.39, 0.29) is 6.54 Å². The summed E-state index contributed by atoms with van der Waals surface area (Å²) in [6.07, 6.45) is 0.516. The molecule has 0 saturated carbocycles. The van der Waals surface area contributed by atoms with Gasteiger partial charge in [-0.15, -0.1) is 0 Å². The monoisotopic (exact) mass is 267 g/mol. The Morgan fingerprint density at radius 1 is 1.42 bits per heavy atom. The van der Waals surface area contributed by atoms with E-state index in [2.05, 4.69) is 0 Å². The number of ether oxygens (including phenoxy) is 2. The molecule has 0 heterocycles. The lowest BCUT2D eigenvalue weighted by Crippen LogP contribution is -2.33. The number of amides is 1. The predicted molar refractivity (Wildman–Crippen MR) is 68.4 cm³/mol. The number of benzene rings is 1. The van der Waals surface area contributed by atoms with Gasteiger partial charge in [-0.25, -0.2) is 4.79 Å². The molecule has 0 aliphatic carbocycles. The summed E-state index contributed by atoms with van der Waals surface area (Å²) in [5.41, 5.74) is 0.407. The highest BCUT2D eigenvalue weighted by Crippen LogP contribution is 2.32. The zero-order chi connectivity index (χ0) is 14.4. The number of hydrogen-bond acceptors (Lipinski definition) is 4. The quantitative estimate of drug-likeness (QED) is 0.754. The van der Waals surface area contributed by atoms with Crippen molar-refractivity contribution in [3.05, 3.63) is 23.8 Å². The number of carboxylic acids is 1. The van der Waals surface area contributed by atoms with Crippen LogP contribution < -0.4 is 9.47 Å². The molecular formula is C13H17NO5. The van der Waals surface area contributed by atoms with E-state index in [4.69, 9.17) is 9.47 Å². The van der Waals surface area contributed by atoms with Crippen LogP contribution in [-0.4, -0.2) is 43.2 Å². The largest absolute Gasteiger partial charge is 0.497 e. The highest BCUT2D eigenvalue weighted by atomic mass is 16.5. The summed E-state index contributed by atoms with van der Waals surface area (Å²) >= 11 is 0. The van der Waals surface area contributed by atoms with Gasteiger partial charge in [-0.1, -0.05) is 0 Å². The molecule has 1 rings (SSSR count). The van der Waals surface area contributed by atoms with E-state index < -0.39 is 12.0 Å². The highest BCUT2D eigenvalue weighted by Gasteiger charge is 2.28. The number of aliphatic carboxylic acids is 1. The molecule has 6 heteroatoms. The maximum absolute atomic E-state index is 11.4. The third-order valence-corrected chi connectivity index (χ3v) is 2.80. The molecule has 0 aromatic heterocycles. The fraction of sp³-hybridized carbons (Fsp3) is 0.385. The Morgan fingerprint density at radius 3 is 2.53 bits per heavy atom. The third-order valence-electron chi connectivity index (χ3n) is 2.80. The number of rotatable bonds is 7. The van der Waals surface area contributed by atoms with Gasteiger partial charge < -0.3 is 19.5 Å². The second-order valence-corrected chi connectivity index (χ2v) is 3.78. The van der Waals surface area contributed by atoms with E-state index in [1.807, 2.05) is 0 Å². The lowest BCUT2D eigenvalue weighted by molar-refractivity contribution is -0.146. The molecule has 0 aliphatic heterocycles. The predicted octanol–water partition coefficient (Wildman–Crippen LogP) is 1.31. The van der Waals surface area contributed by atoms with Crippen LogP contribution in [-0.2, 0) is 9.59 Å². The fourth-order valence-corrected chi connectivity index (χ4v) is 1.82. The van der Waals surface area contributed by atoms with Gasteiger partial charge in [-0.3, -0.25) is 4.79 Å². The Labute approximate surface area is 111 Å². The summed E-state index contributed by atoms with van der Waals surface area (Å²) in [6, 6.07) is 3.72. The van der Waals surface area contributed by atoms with Crippen molar-refractivity contribution in [1.29, 1.82) is 0 Å². The number of carbonyl (C=O) groups excluding carboxylic acids is 1. The van der Waals surface area contributed by atoms with Crippen molar-refractivity contribution in [3.63, 3.8) is 0 Å². The SMILES string of the molecule is CCN(C=O)C(C(=O)O)c1ccc(OC)cc1OC. The van der Waals surface area contributed by atoms with E-state index in [9.17, 15) is 14.7 Å². The van der Waals surface area contributed by atoms with Crippen molar-refractivity contribution >= 4 is 12.4 Å². The van der Waals surface area contributed by atoms with Gasteiger partial charge in [0.1, 0.15) is 11.5 Å². The van der Waals surface area contributed by atoms with E-state index in [0.29, 0.717) is 23.5 Å². The maximum atomic E-state index is 11.4. The van der Waals surface area contributed by atoms with Crippen LogP contribution in [0, 0.1) is 0 Å². The molecule has 1 atom stereocenters. The molecular weight excluding hydrogens is 250 g/mol. The van der Waals surface area contributed by atoms with Crippen LogP contribution in [0.25, 0.3) is 0 Å². The molecule has 6 nitrogen and oxygen atoms in total. The lowest BCUT2D eigenvalue weighted by atomic mass is 10.0. The van der Waals surface area contributed by atoms with E-state index in [1.165, 1.54) is 19.1 Å². The van der Waals surface area contributed by atoms with Crippen LogP contribution in [0.4, 0.5) is 0 Å². The minimum atomic E-state index is -1.11. The summed E-state index contributed by atoms with van der Waals surface area (Å²) in [6.45, 7) is 2.00. The molecule has 0 aliphatic rings. The third kappa shape index (κ3) is 3.15. The van der Waals surface area contributed by atoms with E-state index >= 15 is 0 Å². The zero-order valence-corrected chi connectivity index (χ0v) is 11.1. The van der Waals surface area contributed by atoms with Gasteiger partial charge in [0, 0.05) is 18.2 Å². The molecule has 1 unspecified atom stereocenters. The first-order valence-corrected chi connectivity index (χ1v) is 5.74. The van der Waals surface area contributed by atoms with Crippen molar-refractivity contribution in [3.8, 4) is 11.5 Å². The smallest absolute Gasteiger partial charge is 0.331 e. The highest BCUT2D eigenvalue weighted by molar-refractivity contribution is 5.79. The number of carbonyl (C=O) groups is 2. The van der Waals surface area contributed by atoms with E-state index in [0.717, 1.165) is 0 Å². The van der Waals surface area contributed by atoms with Gasteiger partial charge in [0.15, 0.2) is 6.04 Å². The van der Waals surface area contributed by atoms with Crippen molar-refractivity contribution in [1.82, 2.24) is 4.90 Å². The number of likely N-dealkylation sites (N-methyl/N-ethyl adjacent to an activating group) is 1.